The second-order valence-corrected chi connectivity index (χ2v) is 6.90. The standard InChI is InChI=1S/C21H14BrN3O/c1-13-5-7-18-19(9-13)25-21(24-18)15(12-23)11-17-6-8-20(26-17)14-3-2-4-16(22)10-14/h2-11H,1H3,(H,24,25)/b15-11-. The Morgan fingerprint density at radius 2 is 2.08 bits per heavy atom. The summed E-state index contributed by atoms with van der Waals surface area (Å²) in [6.07, 6.45) is 1.70. The minimum absolute atomic E-state index is 0.425. The maximum absolute atomic E-state index is 9.55. The molecule has 0 aliphatic rings. The summed E-state index contributed by atoms with van der Waals surface area (Å²) in [6.45, 7) is 2.02. The highest BCUT2D eigenvalue weighted by molar-refractivity contribution is 9.10. The highest BCUT2D eigenvalue weighted by Gasteiger charge is 2.10. The van der Waals surface area contributed by atoms with Gasteiger partial charge in [0.1, 0.15) is 23.4 Å². The Morgan fingerprint density at radius 1 is 1.19 bits per heavy atom. The molecule has 0 bridgehead atoms. The molecule has 0 saturated heterocycles. The predicted molar refractivity (Wildman–Crippen MR) is 106 cm³/mol. The quantitative estimate of drug-likeness (QED) is 0.429. The van der Waals surface area contributed by atoms with Crippen LogP contribution in [0.3, 0.4) is 0 Å². The van der Waals surface area contributed by atoms with E-state index in [1.165, 1.54) is 0 Å². The van der Waals surface area contributed by atoms with E-state index in [-0.39, 0.29) is 0 Å². The number of nitrogens with zero attached hydrogens (tertiary/aromatic N) is 2. The topological polar surface area (TPSA) is 65.6 Å². The fourth-order valence-electron chi connectivity index (χ4n) is 2.77. The Kier molecular flexibility index (Phi) is 4.19. The molecule has 0 radical (unpaired) electrons. The number of nitriles is 1. The largest absolute Gasteiger partial charge is 0.457 e. The van der Waals surface area contributed by atoms with Crippen molar-refractivity contribution in [3.8, 4) is 17.4 Å². The van der Waals surface area contributed by atoms with Gasteiger partial charge < -0.3 is 9.40 Å². The number of halogens is 1. The smallest absolute Gasteiger partial charge is 0.149 e. The van der Waals surface area contributed by atoms with Crippen molar-refractivity contribution in [1.82, 2.24) is 9.97 Å². The molecule has 0 fully saturated rings. The molecule has 2 aromatic carbocycles. The molecule has 2 aromatic heterocycles. The predicted octanol–water partition coefficient (Wildman–Crippen LogP) is 5.96. The summed E-state index contributed by atoms with van der Waals surface area (Å²) >= 11 is 3.46. The number of allylic oxidation sites excluding steroid dienone is 1. The van der Waals surface area contributed by atoms with Crippen molar-refractivity contribution < 1.29 is 4.42 Å². The number of aromatic amines is 1. The summed E-state index contributed by atoms with van der Waals surface area (Å²) in [5.74, 6) is 1.89. The van der Waals surface area contributed by atoms with E-state index in [1.54, 1.807) is 6.08 Å². The summed E-state index contributed by atoms with van der Waals surface area (Å²) in [6, 6.07) is 19.8. The van der Waals surface area contributed by atoms with E-state index in [1.807, 2.05) is 61.5 Å². The maximum Gasteiger partial charge on any atom is 0.149 e. The van der Waals surface area contributed by atoms with Gasteiger partial charge in [-0.15, -0.1) is 0 Å². The summed E-state index contributed by atoms with van der Waals surface area (Å²) in [5.41, 5.74) is 4.28. The zero-order chi connectivity index (χ0) is 18.1. The van der Waals surface area contributed by atoms with Gasteiger partial charge in [0.15, 0.2) is 0 Å². The number of aromatic nitrogens is 2. The van der Waals surface area contributed by atoms with E-state index in [2.05, 4.69) is 32.0 Å². The molecule has 2 heterocycles. The van der Waals surface area contributed by atoms with E-state index in [4.69, 9.17) is 4.42 Å². The van der Waals surface area contributed by atoms with E-state index in [0.717, 1.165) is 32.4 Å². The molecule has 5 heteroatoms. The van der Waals surface area contributed by atoms with Gasteiger partial charge in [-0.05, 0) is 48.9 Å². The molecule has 4 nitrogen and oxygen atoms in total. The Balaban J connectivity index is 1.70. The number of rotatable bonds is 3. The van der Waals surface area contributed by atoms with Crippen LogP contribution in [-0.2, 0) is 0 Å². The molecular formula is C21H14BrN3O. The van der Waals surface area contributed by atoms with Crippen molar-refractivity contribution in [2.75, 3.05) is 0 Å². The molecule has 0 atom stereocenters. The zero-order valence-electron chi connectivity index (χ0n) is 14.0. The van der Waals surface area contributed by atoms with Crippen LogP contribution in [0.2, 0.25) is 0 Å². The van der Waals surface area contributed by atoms with Crippen LogP contribution in [0.4, 0.5) is 0 Å². The van der Waals surface area contributed by atoms with Crippen molar-refractivity contribution in [1.29, 1.82) is 5.26 Å². The monoisotopic (exact) mass is 403 g/mol. The molecule has 0 amide bonds. The second kappa shape index (κ2) is 6.66. The zero-order valence-corrected chi connectivity index (χ0v) is 15.5. The van der Waals surface area contributed by atoms with Crippen LogP contribution in [0.15, 0.2) is 63.5 Å². The minimum atomic E-state index is 0.425. The van der Waals surface area contributed by atoms with E-state index in [0.29, 0.717) is 17.2 Å². The van der Waals surface area contributed by atoms with E-state index < -0.39 is 0 Å². The molecule has 0 saturated carbocycles. The van der Waals surface area contributed by atoms with Gasteiger partial charge in [0.25, 0.3) is 0 Å². The van der Waals surface area contributed by atoms with Gasteiger partial charge in [-0.25, -0.2) is 4.98 Å². The number of furan rings is 1. The SMILES string of the molecule is Cc1ccc2nc(/C(C#N)=C\c3ccc(-c4cccc(Br)c4)o3)[nH]c2c1. The Morgan fingerprint density at radius 3 is 2.88 bits per heavy atom. The highest BCUT2D eigenvalue weighted by Crippen LogP contribution is 2.27. The van der Waals surface area contributed by atoms with Crippen LogP contribution in [0, 0.1) is 18.3 Å². The molecule has 1 N–H and O–H groups in total. The first-order chi connectivity index (χ1) is 12.6. The third kappa shape index (κ3) is 3.19. The third-order valence-corrected chi connectivity index (χ3v) is 4.53. The number of aryl methyl sites for hydroxylation is 1. The number of benzene rings is 2. The summed E-state index contributed by atoms with van der Waals surface area (Å²) in [7, 11) is 0. The summed E-state index contributed by atoms with van der Waals surface area (Å²) in [4.78, 5) is 7.71. The first kappa shape index (κ1) is 16.4. The molecule has 126 valence electrons. The molecule has 26 heavy (non-hydrogen) atoms. The van der Waals surface area contributed by atoms with Crippen molar-refractivity contribution in [3.63, 3.8) is 0 Å². The van der Waals surface area contributed by atoms with Crippen LogP contribution < -0.4 is 0 Å². The molecular weight excluding hydrogens is 390 g/mol. The maximum atomic E-state index is 9.55. The summed E-state index contributed by atoms with van der Waals surface area (Å²) < 4.78 is 6.87. The number of nitrogens with one attached hydrogen (secondary N) is 1. The minimum Gasteiger partial charge on any atom is -0.457 e. The van der Waals surface area contributed by atoms with Gasteiger partial charge in [-0.2, -0.15) is 5.26 Å². The molecule has 0 aliphatic heterocycles. The van der Waals surface area contributed by atoms with Crippen LogP contribution in [-0.4, -0.2) is 9.97 Å². The molecule has 0 aliphatic carbocycles. The first-order valence-electron chi connectivity index (χ1n) is 8.07. The Bertz CT molecular complexity index is 1180. The van der Waals surface area contributed by atoms with E-state index in [9.17, 15) is 5.26 Å². The number of H-pyrrole nitrogens is 1. The van der Waals surface area contributed by atoms with E-state index >= 15 is 0 Å². The van der Waals surface area contributed by atoms with Gasteiger partial charge in [0.05, 0.1) is 16.6 Å². The van der Waals surface area contributed by atoms with Gasteiger partial charge in [0, 0.05) is 16.1 Å². The van der Waals surface area contributed by atoms with Crippen molar-refractivity contribution >= 4 is 38.6 Å². The highest BCUT2D eigenvalue weighted by atomic mass is 79.9. The lowest BCUT2D eigenvalue weighted by molar-refractivity contribution is 0.572. The Hall–Kier alpha value is -3.10. The lowest BCUT2D eigenvalue weighted by Gasteiger charge is -1.97. The average Bonchev–Trinajstić information content (AvgIpc) is 3.26. The molecule has 4 rings (SSSR count). The van der Waals surface area contributed by atoms with Crippen molar-refractivity contribution in [2.45, 2.75) is 6.92 Å². The summed E-state index contributed by atoms with van der Waals surface area (Å²) in [5, 5.41) is 9.55. The normalized spacial score (nSPS) is 11.7. The first-order valence-corrected chi connectivity index (χ1v) is 8.86. The van der Waals surface area contributed by atoms with Crippen LogP contribution in [0.25, 0.3) is 34.0 Å². The third-order valence-electron chi connectivity index (χ3n) is 4.04. The lowest BCUT2D eigenvalue weighted by Crippen LogP contribution is -1.84. The molecule has 0 unspecified atom stereocenters. The Labute approximate surface area is 158 Å². The molecule has 4 aromatic rings. The van der Waals surface area contributed by atoms with Gasteiger partial charge >= 0.3 is 0 Å². The number of fused-ring (bicyclic) bond motifs is 1. The number of hydrogen-bond donors (Lipinski definition) is 1. The average molecular weight is 404 g/mol. The second-order valence-electron chi connectivity index (χ2n) is 5.99. The molecule has 0 spiro atoms. The van der Waals surface area contributed by atoms with Crippen molar-refractivity contribution in [2.24, 2.45) is 0 Å². The fourth-order valence-corrected chi connectivity index (χ4v) is 3.17. The van der Waals surface area contributed by atoms with Gasteiger partial charge in [-0.1, -0.05) is 34.1 Å². The van der Waals surface area contributed by atoms with Crippen LogP contribution in [0.5, 0.6) is 0 Å². The number of hydrogen-bond acceptors (Lipinski definition) is 3. The number of imidazole rings is 1. The van der Waals surface area contributed by atoms with Crippen LogP contribution in [0.1, 0.15) is 17.1 Å². The van der Waals surface area contributed by atoms with Gasteiger partial charge in [-0.3, -0.25) is 0 Å². The van der Waals surface area contributed by atoms with Crippen LogP contribution >= 0.6 is 15.9 Å². The fraction of sp³-hybridized carbons (Fsp3) is 0.0476. The van der Waals surface area contributed by atoms with Gasteiger partial charge in [0.2, 0.25) is 0 Å². The lowest BCUT2D eigenvalue weighted by atomic mass is 10.2. The van der Waals surface area contributed by atoms with Crippen molar-refractivity contribution in [3.05, 3.63) is 76.2 Å².